The lowest BCUT2D eigenvalue weighted by Crippen LogP contribution is -2.40. The summed E-state index contributed by atoms with van der Waals surface area (Å²) in [7, 11) is 0. The van der Waals surface area contributed by atoms with E-state index < -0.39 is 5.54 Å². The number of benzene rings is 1. The summed E-state index contributed by atoms with van der Waals surface area (Å²) in [6.45, 7) is 15.1. The zero-order valence-corrected chi connectivity index (χ0v) is 18.9. The number of rotatable bonds is 7. The molecular formula is C23H35N3O3. The predicted molar refractivity (Wildman–Crippen MR) is 115 cm³/mol. The Kier molecular flexibility index (Phi) is 6.76. The highest BCUT2D eigenvalue weighted by Gasteiger charge is 2.43. The van der Waals surface area contributed by atoms with Gasteiger partial charge in [-0.05, 0) is 68.2 Å². The molecule has 6 heteroatoms. The lowest BCUT2D eigenvalue weighted by Gasteiger charge is -2.22. The summed E-state index contributed by atoms with van der Waals surface area (Å²) in [5.41, 5.74) is 4.36. The monoisotopic (exact) mass is 401 g/mol. The van der Waals surface area contributed by atoms with E-state index in [9.17, 15) is 14.4 Å². The normalized spacial score (nSPS) is 16.2. The zero-order chi connectivity index (χ0) is 22.0. The van der Waals surface area contributed by atoms with Crippen molar-refractivity contribution in [2.75, 3.05) is 13.1 Å². The topological polar surface area (TPSA) is 78.5 Å². The third-order valence-corrected chi connectivity index (χ3v) is 5.49. The zero-order valence-electron chi connectivity index (χ0n) is 18.9. The van der Waals surface area contributed by atoms with Crippen molar-refractivity contribution in [3.63, 3.8) is 0 Å². The quantitative estimate of drug-likeness (QED) is 0.688. The number of aryl methyl sites for hydroxylation is 2. The van der Waals surface area contributed by atoms with Crippen molar-refractivity contribution in [3.8, 4) is 0 Å². The molecule has 0 saturated carbocycles. The first-order chi connectivity index (χ1) is 13.3. The van der Waals surface area contributed by atoms with Gasteiger partial charge in [-0.2, -0.15) is 0 Å². The summed E-state index contributed by atoms with van der Waals surface area (Å²) in [4.78, 5) is 37.3. The Morgan fingerprint density at radius 2 is 1.72 bits per heavy atom. The molecule has 1 aliphatic rings. The second-order valence-electron chi connectivity index (χ2n) is 9.55. The summed E-state index contributed by atoms with van der Waals surface area (Å²) >= 11 is 0. The van der Waals surface area contributed by atoms with Crippen molar-refractivity contribution < 1.29 is 14.4 Å². The van der Waals surface area contributed by atoms with Crippen LogP contribution in [-0.2, 0) is 21.4 Å². The molecule has 1 aromatic carbocycles. The van der Waals surface area contributed by atoms with Gasteiger partial charge in [-0.3, -0.25) is 14.5 Å². The van der Waals surface area contributed by atoms with Gasteiger partial charge in [-0.1, -0.05) is 32.9 Å². The first-order valence-electron chi connectivity index (χ1n) is 10.3. The molecule has 6 nitrogen and oxygen atoms in total. The van der Waals surface area contributed by atoms with Crippen molar-refractivity contribution >= 4 is 17.8 Å². The van der Waals surface area contributed by atoms with E-state index in [0.717, 1.165) is 6.42 Å². The average Bonchev–Trinajstić information content (AvgIpc) is 2.77. The van der Waals surface area contributed by atoms with Crippen LogP contribution >= 0.6 is 0 Å². The van der Waals surface area contributed by atoms with E-state index in [1.807, 2.05) is 0 Å². The van der Waals surface area contributed by atoms with Gasteiger partial charge in [0, 0.05) is 19.5 Å². The smallest absolute Gasteiger partial charge is 0.325 e. The van der Waals surface area contributed by atoms with E-state index in [-0.39, 0.29) is 29.8 Å². The fraction of sp³-hybridized carbons (Fsp3) is 0.609. The van der Waals surface area contributed by atoms with E-state index in [2.05, 4.69) is 57.4 Å². The van der Waals surface area contributed by atoms with Crippen molar-refractivity contribution in [1.29, 1.82) is 0 Å². The van der Waals surface area contributed by atoms with Crippen LogP contribution < -0.4 is 10.6 Å². The SMILES string of the molecule is Cc1cc(C(C)(C)C)cc(C)c1CCNC(=O)CCCN1C(=O)NC(C)(C)C1=O. The van der Waals surface area contributed by atoms with E-state index in [1.54, 1.807) is 13.8 Å². The fourth-order valence-electron chi connectivity index (χ4n) is 3.65. The maximum absolute atomic E-state index is 12.1. The molecule has 1 fully saturated rings. The number of nitrogens with zero attached hydrogens (tertiary/aromatic N) is 1. The minimum atomic E-state index is -0.863. The molecule has 0 radical (unpaired) electrons. The summed E-state index contributed by atoms with van der Waals surface area (Å²) in [6.07, 6.45) is 1.53. The van der Waals surface area contributed by atoms with Crippen LogP contribution in [0.5, 0.6) is 0 Å². The Labute approximate surface area is 174 Å². The summed E-state index contributed by atoms with van der Waals surface area (Å²) < 4.78 is 0. The van der Waals surface area contributed by atoms with Crippen LogP contribution in [-0.4, -0.2) is 41.4 Å². The van der Waals surface area contributed by atoms with Crippen LogP contribution in [0, 0.1) is 13.8 Å². The summed E-state index contributed by atoms with van der Waals surface area (Å²) in [5.74, 6) is -0.300. The van der Waals surface area contributed by atoms with E-state index in [0.29, 0.717) is 19.4 Å². The summed E-state index contributed by atoms with van der Waals surface area (Å²) in [5, 5.41) is 5.60. The molecular weight excluding hydrogens is 366 g/mol. The molecule has 0 atom stereocenters. The highest BCUT2D eigenvalue weighted by Crippen LogP contribution is 2.27. The Morgan fingerprint density at radius 1 is 1.14 bits per heavy atom. The molecule has 1 aromatic rings. The van der Waals surface area contributed by atoms with E-state index in [1.165, 1.54) is 27.2 Å². The van der Waals surface area contributed by atoms with Gasteiger partial charge in [0.25, 0.3) is 5.91 Å². The molecule has 1 saturated heterocycles. The maximum Gasteiger partial charge on any atom is 0.325 e. The van der Waals surface area contributed by atoms with Gasteiger partial charge in [0.15, 0.2) is 0 Å². The van der Waals surface area contributed by atoms with Crippen molar-refractivity contribution in [2.45, 2.75) is 78.7 Å². The molecule has 4 amide bonds. The van der Waals surface area contributed by atoms with Crippen molar-refractivity contribution in [2.24, 2.45) is 0 Å². The molecule has 2 rings (SSSR count). The maximum atomic E-state index is 12.1. The first-order valence-corrected chi connectivity index (χ1v) is 10.3. The fourth-order valence-corrected chi connectivity index (χ4v) is 3.65. The number of urea groups is 1. The van der Waals surface area contributed by atoms with Crippen molar-refractivity contribution in [1.82, 2.24) is 15.5 Å². The van der Waals surface area contributed by atoms with Gasteiger partial charge in [0.1, 0.15) is 5.54 Å². The van der Waals surface area contributed by atoms with Gasteiger partial charge >= 0.3 is 6.03 Å². The van der Waals surface area contributed by atoms with Crippen LogP contribution in [0.25, 0.3) is 0 Å². The molecule has 0 unspecified atom stereocenters. The number of carbonyl (C=O) groups is 3. The van der Waals surface area contributed by atoms with Crippen LogP contribution in [0.15, 0.2) is 12.1 Å². The Bertz CT molecular complexity index is 783. The molecule has 2 N–H and O–H groups in total. The number of amides is 4. The molecule has 0 spiro atoms. The highest BCUT2D eigenvalue weighted by atomic mass is 16.2. The van der Waals surface area contributed by atoms with E-state index in [4.69, 9.17) is 0 Å². The van der Waals surface area contributed by atoms with Crippen LogP contribution in [0.1, 0.15) is 69.7 Å². The van der Waals surface area contributed by atoms with E-state index >= 15 is 0 Å². The van der Waals surface area contributed by atoms with Crippen molar-refractivity contribution in [3.05, 3.63) is 34.4 Å². The average molecular weight is 402 g/mol. The molecule has 0 aliphatic carbocycles. The van der Waals surface area contributed by atoms with Gasteiger partial charge in [-0.25, -0.2) is 4.79 Å². The van der Waals surface area contributed by atoms with Gasteiger partial charge in [0.05, 0.1) is 0 Å². The van der Waals surface area contributed by atoms with Crippen LogP contribution in [0.4, 0.5) is 4.79 Å². The lowest BCUT2D eigenvalue weighted by molar-refractivity contribution is -0.130. The standard InChI is InChI=1S/C23H35N3O3/c1-15-13-17(22(3,4)5)14-16(2)18(15)10-11-24-19(27)9-8-12-26-20(28)23(6,7)25-21(26)29/h13-14H,8-12H2,1-7H3,(H,24,27)(H,25,29). The second kappa shape index (κ2) is 8.56. The minimum Gasteiger partial charge on any atom is -0.356 e. The third-order valence-electron chi connectivity index (χ3n) is 5.49. The third kappa shape index (κ3) is 5.58. The molecule has 0 bridgehead atoms. The second-order valence-corrected chi connectivity index (χ2v) is 9.55. The largest absolute Gasteiger partial charge is 0.356 e. The molecule has 0 aromatic heterocycles. The lowest BCUT2D eigenvalue weighted by atomic mass is 9.83. The summed E-state index contributed by atoms with van der Waals surface area (Å²) in [6, 6.07) is 4.10. The first kappa shape index (κ1) is 22.9. The number of nitrogens with one attached hydrogen (secondary N) is 2. The molecule has 1 aliphatic heterocycles. The van der Waals surface area contributed by atoms with Crippen LogP contribution in [0.2, 0.25) is 0 Å². The molecule has 160 valence electrons. The number of hydrogen-bond donors (Lipinski definition) is 2. The number of carbonyl (C=O) groups excluding carboxylic acids is 3. The van der Waals surface area contributed by atoms with Crippen LogP contribution in [0.3, 0.4) is 0 Å². The Morgan fingerprint density at radius 3 is 2.21 bits per heavy atom. The highest BCUT2D eigenvalue weighted by molar-refractivity contribution is 6.06. The molecule has 29 heavy (non-hydrogen) atoms. The molecule has 1 heterocycles. The van der Waals surface area contributed by atoms with Gasteiger partial charge in [-0.15, -0.1) is 0 Å². The Balaban J connectivity index is 1.79. The number of hydrogen-bond acceptors (Lipinski definition) is 3. The van der Waals surface area contributed by atoms with Gasteiger partial charge in [0.2, 0.25) is 5.91 Å². The van der Waals surface area contributed by atoms with Gasteiger partial charge < -0.3 is 10.6 Å². The predicted octanol–water partition coefficient (Wildman–Crippen LogP) is 3.37. The minimum absolute atomic E-state index is 0.0575. The number of imide groups is 1. The Hall–Kier alpha value is -2.37.